The van der Waals surface area contributed by atoms with Gasteiger partial charge in [0.15, 0.2) is 0 Å². The first kappa shape index (κ1) is 20.4. The number of amides is 1. The summed E-state index contributed by atoms with van der Waals surface area (Å²) in [6, 6.07) is 5.19. The van der Waals surface area contributed by atoms with Crippen molar-refractivity contribution in [2.75, 3.05) is 37.7 Å². The largest absolute Gasteiger partial charge is 0.477 e. The van der Waals surface area contributed by atoms with E-state index in [2.05, 4.69) is 15.0 Å². The summed E-state index contributed by atoms with van der Waals surface area (Å²) in [5.41, 5.74) is 1.34. The molecule has 1 saturated heterocycles. The van der Waals surface area contributed by atoms with E-state index < -0.39 is 18.5 Å². The van der Waals surface area contributed by atoms with Crippen molar-refractivity contribution < 1.29 is 18.3 Å². The van der Waals surface area contributed by atoms with Crippen LogP contribution in [0.5, 0.6) is 5.88 Å². The summed E-state index contributed by atoms with van der Waals surface area (Å²) in [5, 5.41) is 4.55. The van der Waals surface area contributed by atoms with Crippen LogP contribution in [0.3, 0.4) is 0 Å². The van der Waals surface area contributed by atoms with Gasteiger partial charge in [-0.25, -0.2) is 18.4 Å². The van der Waals surface area contributed by atoms with Gasteiger partial charge in [-0.1, -0.05) is 0 Å². The number of rotatable bonds is 4. The fourth-order valence-electron chi connectivity index (χ4n) is 4.18. The average Bonchev–Trinajstić information content (AvgIpc) is 3.24. The Morgan fingerprint density at radius 1 is 1.16 bits per heavy atom. The van der Waals surface area contributed by atoms with Gasteiger partial charge >= 0.3 is 0 Å². The van der Waals surface area contributed by atoms with Crippen molar-refractivity contribution in [3.05, 3.63) is 46.6 Å². The standard InChI is InChI=1S/C21H22F2N6O3/c22-18(23)12-28-13-24-17-10-14(2-3-15(17)19(28)30)26-5-7-27(8-6-26)20(31)16-11-25-29-4-1-9-32-21(16)29/h2-3,10-11,13,18H,1,4-9,12H2. The third kappa shape index (κ3) is 3.67. The number of halogens is 2. The summed E-state index contributed by atoms with van der Waals surface area (Å²) >= 11 is 0. The third-order valence-electron chi connectivity index (χ3n) is 5.85. The van der Waals surface area contributed by atoms with Gasteiger partial charge < -0.3 is 14.5 Å². The van der Waals surface area contributed by atoms with Crippen molar-refractivity contribution in [3.63, 3.8) is 0 Å². The average molecular weight is 444 g/mol. The van der Waals surface area contributed by atoms with Gasteiger partial charge in [-0.3, -0.25) is 14.2 Å². The molecule has 11 heteroatoms. The maximum Gasteiger partial charge on any atom is 0.261 e. The van der Waals surface area contributed by atoms with Gasteiger partial charge in [0.1, 0.15) is 5.56 Å². The second kappa shape index (κ2) is 8.21. The number of benzene rings is 1. The van der Waals surface area contributed by atoms with Gasteiger partial charge in [0, 0.05) is 44.8 Å². The van der Waals surface area contributed by atoms with Crippen LogP contribution in [0.4, 0.5) is 14.5 Å². The lowest BCUT2D eigenvalue weighted by Gasteiger charge is -2.36. The minimum atomic E-state index is -2.62. The molecule has 2 aromatic heterocycles. The number of carbonyl (C=O) groups excluding carboxylic acids is 1. The molecule has 2 aliphatic rings. The topological polar surface area (TPSA) is 85.5 Å². The van der Waals surface area contributed by atoms with Crippen LogP contribution >= 0.6 is 0 Å². The molecule has 1 aromatic carbocycles. The highest BCUT2D eigenvalue weighted by atomic mass is 19.3. The number of hydrogen-bond acceptors (Lipinski definition) is 6. The highest BCUT2D eigenvalue weighted by molar-refractivity contribution is 5.96. The van der Waals surface area contributed by atoms with Crippen LogP contribution in [0.2, 0.25) is 0 Å². The second-order valence-electron chi connectivity index (χ2n) is 7.86. The second-order valence-corrected chi connectivity index (χ2v) is 7.86. The van der Waals surface area contributed by atoms with Crippen molar-refractivity contribution in [2.45, 2.75) is 25.9 Å². The van der Waals surface area contributed by atoms with Gasteiger partial charge in [-0.2, -0.15) is 5.10 Å². The first-order valence-corrected chi connectivity index (χ1v) is 10.5. The number of ether oxygens (including phenoxy) is 1. The Kier molecular flexibility index (Phi) is 5.24. The van der Waals surface area contributed by atoms with Crippen molar-refractivity contribution in [1.29, 1.82) is 0 Å². The summed E-state index contributed by atoms with van der Waals surface area (Å²) in [6.45, 7) is 2.96. The Morgan fingerprint density at radius 2 is 1.97 bits per heavy atom. The van der Waals surface area contributed by atoms with Crippen molar-refractivity contribution in [1.82, 2.24) is 24.2 Å². The molecule has 0 N–H and O–H groups in total. The molecular weight excluding hydrogens is 422 g/mol. The Bertz CT molecular complexity index is 1220. The summed E-state index contributed by atoms with van der Waals surface area (Å²) in [4.78, 5) is 33.4. The third-order valence-corrected chi connectivity index (χ3v) is 5.85. The first-order valence-electron chi connectivity index (χ1n) is 10.5. The van der Waals surface area contributed by atoms with Crippen LogP contribution in [0.1, 0.15) is 16.8 Å². The van der Waals surface area contributed by atoms with Gasteiger partial charge in [-0.05, 0) is 18.2 Å². The Hall–Kier alpha value is -3.50. The Balaban J connectivity index is 1.29. The number of aryl methyl sites for hydroxylation is 1. The molecule has 4 heterocycles. The lowest BCUT2D eigenvalue weighted by Crippen LogP contribution is -2.48. The fourth-order valence-corrected chi connectivity index (χ4v) is 4.18. The quantitative estimate of drug-likeness (QED) is 0.608. The minimum absolute atomic E-state index is 0.0902. The van der Waals surface area contributed by atoms with E-state index in [1.54, 1.807) is 34.0 Å². The van der Waals surface area contributed by atoms with E-state index in [1.165, 1.54) is 0 Å². The van der Waals surface area contributed by atoms with Crippen LogP contribution in [0.25, 0.3) is 10.9 Å². The lowest BCUT2D eigenvalue weighted by atomic mass is 10.2. The highest BCUT2D eigenvalue weighted by Gasteiger charge is 2.28. The zero-order valence-electron chi connectivity index (χ0n) is 17.3. The van der Waals surface area contributed by atoms with Crippen molar-refractivity contribution >= 4 is 22.5 Å². The van der Waals surface area contributed by atoms with Gasteiger partial charge in [-0.15, -0.1) is 0 Å². The molecule has 168 valence electrons. The maximum atomic E-state index is 13.0. The molecule has 0 spiro atoms. The van der Waals surface area contributed by atoms with E-state index >= 15 is 0 Å². The van der Waals surface area contributed by atoms with E-state index in [9.17, 15) is 18.4 Å². The van der Waals surface area contributed by atoms with E-state index in [0.29, 0.717) is 55.1 Å². The summed E-state index contributed by atoms with van der Waals surface area (Å²) in [5.74, 6) is 0.453. The Labute approximate surface area is 181 Å². The molecule has 32 heavy (non-hydrogen) atoms. The Morgan fingerprint density at radius 3 is 2.75 bits per heavy atom. The zero-order valence-corrected chi connectivity index (χ0v) is 17.3. The number of anilines is 1. The molecule has 1 amide bonds. The molecular formula is C21H22F2N6O3. The smallest absolute Gasteiger partial charge is 0.261 e. The molecule has 0 atom stereocenters. The number of hydrogen-bond donors (Lipinski definition) is 0. The van der Waals surface area contributed by atoms with Gasteiger partial charge in [0.2, 0.25) is 5.88 Å². The molecule has 1 fully saturated rings. The predicted octanol–water partition coefficient (Wildman–Crippen LogP) is 1.60. The van der Waals surface area contributed by atoms with Crippen LogP contribution in [0.15, 0.2) is 35.5 Å². The van der Waals surface area contributed by atoms with Gasteiger partial charge in [0.25, 0.3) is 17.9 Å². The van der Waals surface area contributed by atoms with Crippen molar-refractivity contribution in [2.24, 2.45) is 0 Å². The fraction of sp³-hybridized carbons (Fsp3) is 0.429. The van der Waals surface area contributed by atoms with Crippen LogP contribution < -0.4 is 15.2 Å². The molecule has 2 aliphatic heterocycles. The summed E-state index contributed by atoms with van der Waals surface area (Å²) in [7, 11) is 0. The number of piperazine rings is 1. The molecule has 3 aromatic rings. The van der Waals surface area contributed by atoms with Crippen LogP contribution in [0, 0.1) is 0 Å². The molecule has 0 unspecified atom stereocenters. The predicted molar refractivity (Wildman–Crippen MR) is 112 cm³/mol. The molecule has 5 rings (SSSR count). The molecule has 0 aliphatic carbocycles. The number of alkyl halides is 2. The molecule has 0 radical (unpaired) electrons. The normalized spacial score (nSPS) is 16.3. The number of carbonyl (C=O) groups is 1. The number of fused-ring (bicyclic) bond motifs is 2. The minimum Gasteiger partial charge on any atom is -0.477 e. The van der Waals surface area contributed by atoms with Gasteiger partial charge in [0.05, 0.1) is 36.6 Å². The molecule has 0 bridgehead atoms. The van der Waals surface area contributed by atoms with E-state index in [1.807, 2.05) is 0 Å². The zero-order chi connectivity index (χ0) is 22.2. The lowest BCUT2D eigenvalue weighted by molar-refractivity contribution is 0.0740. The molecule has 0 saturated carbocycles. The monoisotopic (exact) mass is 444 g/mol. The SMILES string of the molecule is O=C(c1cnn2c1OCCC2)N1CCN(c2ccc3c(=O)n(CC(F)F)cnc3c2)CC1. The van der Waals surface area contributed by atoms with E-state index in [0.717, 1.165) is 29.5 Å². The van der Waals surface area contributed by atoms with Crippen LogP contribution in [-0.4, -0.2) is 69.4 Å². The highest BCUT2D eigenvalue weighted by Crippen LogP contribution is 2.25. The van der Waals surface area contributed by atoms with E-state index in [4.69, 9.17) is 4.74 Å². The van der Waals surface area contributed by atoms with Crippen molar-refractivity contribution in [3.8, 4) is 5.88 Å². The summed E-state index contributed by atoms with van der Waals surface area (Å²) in [6.07, 6.45) is 0.990. The summed E-state index contributed by atoms with van der Waals surface area (Å²) < 4.78 is 33.6. The number of aromatic nitrogens is 4. The van der Waals surface area contributed by atoms with E-state index in [-0.39, 0.29) is 5.91 Å². The first-order chi connectivity index (χ1) is 15.5. The molecule has 9 nitrogen and oxygen atoms in total. The maximum absolute atomic E-state index is 13.0. The van der Waals surface area contributed by atoms with Crippen LogP contribution in [-0.2, 0) is 13.1 Å². The number of nitrogens with zero attached hydrogens (tertiary/aromatic N) is 6.